The van der Waals surface area contributed by atoms with Gasteiger partial charge in [0.05, 0.1) is 0 Å². The molecule has 0 radical (unpaired) electrons. The maximum absolute atomic E-state index is 4.42. The van der Waals surface area contributed by atoms with E-state index in [-0.39, 0.29) is 0 Å². The second kappa shape index (κ2) is 4.37. The van der Waals surface area contributed by atoms with Gasteiger partial charge in [-0.15, -0.1) is 0 Å². The van der Waals surface area contributed by atoms with Gasteiger partial charge in [0.25, 0.3) is 0 Å². The van der Waals surface area contributed by atoms with Crippen LogP contribution in [0, 0.1) is 12.3 Å². The smallest absolute Gasteiger partial charge is 0.183 e. The molecular weight excluding hydrogens is 236 g/mol. The number of H-pyrrole nitrogens is 1. The molecule has 3 rings (SSSR count). The molecule has 1 aliphatic rings. The summed E-state index contributed by atoms with van der Waals surface area (Å²) >= 11 is 0. The molecule has 0 amide bonds. The number of nitrogens with zero attached hydrogens (tertiary/aromatic N) is 2. The van der Waals surface area contributed by atoms with Gasteiger partial charge in [0.2, 0.25) is 0 Å². The first-order valence-electron chi connectivity index (χ1n) is 6.83. The molecule has 2 N–H and O–H groups in total. The minimum Gasteiger partial charge on any atom is -0.381 e. The Labute approximate surface area is 113 Å². The average Bonchev–Trinajstić information content (AvgIpc) is 3.00. The van der Waals surface area contributed by atoms with E-state index in [1.54, 1.807) is 0 Å². The highest BCUT2D eigenvalue weighted by Crippen LogP contribution is 2.49. The standard InChI is InChI=1S/C15H20N4/c1-10(15(3)8-9-15)16-13-7-5-4-6-12(13)14-17-11(2)18-19-14/h4-7,10,16H,8-9H2,1-3H3,(H,17,18,19). The zero-order valence-corrected chi connectivity index (χ0v) is 11.7. The summed E-state index contributed by atoms with van der Waals surface area (Å²) in [5.74, 6) is 1.60. The van der Waals surface area contributed by atoms with E-state index in [2.05, 4.69) is 46.5 Å². The fraction of sp³-hybridized carbons (Fsp3) is 0.467. The molecule has 4 nitrogen and oxygen atoms in total. The lowest BCUT2D eigenvalue weighted by Crippen LogP contribution is -2.25. The van der Waals surface area contributed by atoms with E-state index in [1.165, 1.54) is 12.8 Å². The Balaban J connectivity index is 1.89. The first-order chi connectivity index (χ1) is 9.08. The Bertz CT molecular complexity index is 583. The summed E-state index contributed by atoms with van der Waals surface area (Å²) in [7, 11) is 0. The molecule has 4 heteroatoms. The van der Waals surface area contributed by atoms with Crippen molar-refractivity contribution in [1.29, 1.82) is 0 Å². The van der Waals surface area contributed by atoms with E-state index in [0.29, 0.717) is 11.5 Å². The topological polar surface area (TPSA) is 53.6 Å². The largest absolute Gasteiger partial charge is 0.381 e. The van der Waals surface area contributed by atoms with Gasteiger partial charge >= 0.3 is 0 Å². The molecule has 1 aromatic carbocycles. The third-order valence-corrected chi connectivity index (χ3v) is 4.22. The maximum atomic E-state index is 4.42. The molecule has 1 saturated carbocycles. The zero-order valence-electron chi connectivity index (χ0n) is 11.7. The minimum atomic E-state index is 0.446. The van der Waals surface area contributed by atoms with Crippen LogP contribution in [0.25, 0.3) is 11.4 Å². The van der Waals surface area contributed by atoms with Crippen LogP contribution in [-0.4, -0.2) is 21.2 Å². The first-order valence-corrected chi connectivity index (χ1v) is 6.83. The van der Waals surface area contributed by atoms with Crippen molar-refractivity contribution in [3.8, 4) is 11.4 Å². The van der Waals surface area contributed by atoms with Crippen molar-refractivity contribution in [2.75, 3.05) is 5.32 Å². The number of hydrogen-bond donors (Lipinski definition) is 2. The summed E-state index contributed by atoms with van der Waals surface area (Å²) in [5.41, 5.74) is 2.62. The molecule has 19 heavy (non-hydrogen) atoms. The van der Waals surface area contributed by atoms with Gasteiger partial charge in [0.15, 0.2) is 5.82 Å². The monoisotopic (exact) mass is 256 g/mol. The molecular formula is C15H20N4. The highest BCUT2D eigenvalue weighted by molar-refractivity contribution is 5.73. The summed E-state index contributed by atoms with van der Waals surface area (Å²) in [6, 6.07) is 8.70. The van der Waals surface area contributed by atoms with E-state index < -0.39 is 0 Å². The third kappa shape index (κ3) is 2.35. The SMILES string of the molecule is Cc1nc(-c2ccccc2NC(C)C2(C)CC2)n[nH]1. The van der Waals surface area contributed by atoms with Gasteiger partial charge in [-0.2, -0.15) is 5.10 Å². The second-order valence-corrected chi connectivity index (χ2v) is 5.81. The van der Waals surface area contributed by atoms with E-state index in [9.17, 15) is 0 Å². The van der Waals surface area contributed by atoms with Crippen LogP contribution >= 0.6 is 0 Å². The van der Waals surface area contributed by atoms with Gasteiger partial charge in [0.1, 0.15) is 5.82 Å². The summed E-state index contributed by atoms with van der Waals surface area (Å²) in [4.78, 5) is 4.42. The molecule has 1 aromatic heterocycles. The molecule has 100 valence electrons. The van der Waals surface area contributed by atoms with Gasteiger partial charge in [-0.1, -0.05) is 19.1 Å². The van der Waals surface area contributed by atoms with E-state index in [0.717, 1.165) is 22.9 Å². The van der Waals surface area contributed by atoms with Gasteiger partial charge in [-0.05, 0) is 44.2 Å². The minimum absolute atomic E-state index is 0.446. The summed E-state index contributed by atoms with van der Waals surface area (Å²) in [5, 5.41) is 10.8. The Hall–Kier alpha value is -1.84. The molecule has 1 aliphatic carbocycles. The third-order valence-electron chi connectivity index (χ3n) is 4.22. The number of hydrogen-bond acceptors (Lipinski definition) is 3. The van der Waals surface area contributed by atoms with Crippen LogP contribution in [0.3, 0.4) is 0 Å². The van der Waals surface area contributed by atoms with Crippen molar-refractivity contribution in [3.63, 3.8) is 0 Å². The van der Waals surface area contributed by atoms with Crippen molar-refractivity contribution >= 4 is 5.69 Å². The highest BCUT2D eigenvalue weighted by Gasteiger charge is 2.42. The molecule has 1 atom stereocenters. The number of aryl methyl sites for hydroxylation is 1. The van der Waals surface area contributed by atoms with Crippen molar-refractivity contribution in [2.24, 2.45) is 5.41 Å². The van der Waals surface area contributed by atoms with Gasteiger partial charge in [0, 0.05) is 17.3 Å². The van der Waals surface area contributed by atoms with E-state index in [4.69, 9.17) is 0 Å². The summed E-state index contributed by atoms with van der Waals surface area (Å²) < 4.78 is 0. The number of nitrogens with one attached hydrogen (secondary N) is 2. The normalized spacial score (nSPS) is 18.1. The van der Waals surface area contributed by atoms with Crippen molar-refractivity contribution in [2.45, 2.75) is 39.7 Å². The zero-order chi connectivity index (χ0) is 13.5. The lowest BCUT2D eigenvalue weighted by Gasteiger charge is -2.22. The first kappa shape index (κ1) is 12.2. The molecule has 1 unspecified atom stereocenters. The van der Waals surface area contributed by atoms with Crippen molar-refractivity contribution in [1.82, 2.24) is 15.2 Å². The van der Waals surface area contributed by atoms with Crippen LogP contribution < -0.4 is 5.32 Å². The van der Waals surface area contributed by atoms with Gasteiger partial charge in [-0.25, -0.2) is 4.98 Å². The highest BCUT2D eigenvalue weighted by atomic mass is 15.2. The van der Waals surface area contributed by atoms with Crippen LogP contribution in [0.5, 0.6) is 0 Å². The molecule has 2 aromatic rings. The van der Waals surface area contributed by atoms with Gasteiger partial charge in [-0.3, -0.25) is 5.10 Å². The lowest BCUT2D eigenvalue weighted by molar-refractivity contribution is 0.493. The predicted octanol–water partition coefficient (Wildman–Crippen LogP) is 3.38. The Morgan fingerprint density at radius 2 is 2.05 bits per heavy atom. The fourth-order valence-corrected chi connectivity index (χ4v) is 2.30. The number of rotatable bonds is 4. The molecule has 0 saturated heterocycles. The quantitative estimate of drug-likeness (QED) is 0.881. The molecule has 0 aliphatic heterocycles. The number of aromatic amines is 1. The van der Waals surface area contributed by atoms with Crippen LogP contribution in [0.1, 0.15) is 32.5 Å². The lowest BCUT2D eigenvalue weighted by atomic mass is 10.00. The number of benzene rings is 1. The predicted molar refractivity (Wildman–Crippen MR) is 77.0 cm³/mol. The van der Waals surface area contributed by atoms with Crippen LogP contribution in [0.15, 0.2) is 24.3 Å². The average molecular weight is 256 g/mol. The fourth-order valence-electron chi connectivity index (χ4n) is 2.30. The number of para-hydroxylation sites is 1. The Morgan fingerprint density at radius 1 is 1.32 bits per heavy atom. The Morgan fingerprint density at radius 3 is 2.68 bits per heavy atom. The van der Waals surface area contributed by atoms with Crippen molar-refractivity contribution in [3.05, 3.63) is 30.1 Å². The summed E-state index contributed by atoms with van der Waals surface area (Å²) in [6.07, 6.45) is 2.62. The van der Waals surface area contributed by atoms with Crippen LogP contribution in [0.4, 0.5) is 5.69 Å². The summed E-state index contributed by atoms with van der Waals surface area (Å²) in [6.45, 7) is 6.51. The van der Waals surface area contributed by atoms with Gasteiger partial charge < -0.3 is 5.32 Å². The van der Waals surface area contributed by atoms with Crippen molar-refractivity contribution < 1.29 is 0 Å². The molecule has 0 bridgehead atoms. The second-order valence-electron chi connectivity index (χ2n) is 5.81. The maximum Gasteiger partial charge on any atom is 0.183 e. The molecule has 0 spiro atoms. The number of anilines is 1. The molecule has 1 fully saturated rings. The van der Waals surface area contributed by atoms with E-state index in [1.807, 2.05) is 19.1 Å². The number of aromatic nitrogens is 3. The van der Waals surface area contributed by atoms with Crippen LogP contribution in [-0.2, 0) is 0 Å². The van der Waals surface area contributed by atoms with Crippen LogP contribution in [0.2, 0.25) is 0 Å². The van der Waals surface area contributed by atoms with E-state index >= 15 is 0 Å². The molecule has 1 heterocycles. The Kier molecular flexibility index (Phi) is 2.81.